The molecule has 1 fully saturated rings. The number of rotatable bonds is 6. The van der Waals surface area contributed by atoms with E-state index in [1.165, 1.54) is 5.56 Å². The van der Waals surface area contributed by atoms with Gasteiger partial charge in [0.1, 0.15) is 5.75 Å². The number of ether oxygens (including phenoxy) is 1. The van der Waals surface area contributed by atoms with Crippen LogP contribution in [0.1, 0.15) is 15.9 Å². The number of anilines is 2. The zero-order valence-corrected chi connectivity index (χ0v) is 19.3. The Bertz CT molecular complexity index is 1280. The van der Waals surface area contributed by atoms with Crippen molar-refractivity contribution in [2.75, 3.05) is 43.5 Å². The van der Waals surface area contributed by atoms with Crippen molar-refractivity contribution < 1.29 is 9.53 Å². The lowest BCUT2D eigenvalue weighted by Crippen LogP contribution is -2.46. The fraction of sp³-hybridized carbons (Fsp3) is 0.214. The summed E-state index contributed by atoms with van der Waals surface area (Å²) in [4.78, 5) is 22.5. The molecule has 172 valence electrons. The van der Waals surface area contributed by atoms with E-state index in [0.717, 1.165) is 55.0 Å². The van der Waals surface area contributed by atoms with E-state index in [0.29, 0.717) is 11.3 Å². The van der Waals surface area contributed by atoms with Crippen molar-refractivity contribution in [2.24, 2.45) is 0 Å². The molecule has 1 amide bonds. The number of carbonyl (C=O) groups is 1. The number of nitrogens with one attached hydrogen (secondary N) is 1. The minimum Gasteiger partial charge on any atom is -0.497 e. The number of amides is 1. The van der Waals surface area contributed by atoms with Crippen molar-refractivity contribution in [3.05, 3.63) is 96.2 Å². The minimum absolute atomic E-state index is 0.181. The lowest BCUT2D eigenvalue weighted by atomic mass is 10.1. The third-order valence-corrected chi connectivity index (χ3v) is 6.26. The average molecular weight is 453 g/mol. The minimum atomic E-state index is -0.181. The zero-order valence-electron chi connectivity index (χ0n) is 19.3. The lowest BCUT2D eigenvalue weighted by molar-refractivity contribution is 0.102. The second-order valence-electron chi connectivity index (χ2n) is 8.47. The molecule has 3 aromatic carbocycles. The molecule has 34 heavy (non-hydrogen) atoms. The van der Waals surface area contributed by atoms with Crippen LogP contribution in [0.15, 0.2) is 85.1 Å². The summed E-state index contributed by atoms with van der Waals surface area (Å²) < 4.78 is 5.28. The largest absolute Gasteiger partial charge is 0.497 e. The summed E-state index contributed by atoms with van der Waals surface area (Å²) in [5.41, 5.74) is 4.55. The standard InChI is InChI=1S/C28H28N4O2/c1-34-23-11-7-10-22(18-23)28(33)30-26-19-29-25-13-6-5-12-24(25)27(26)32-16-14-31(15-17-32)20-21-8-3-2-4-9-21/h2-13,18-19H,14-17,20H2,1H3,(H,30,33). The van der Waals surface area contributed by atoms with E-state index in [2.05, 4.69) is 56.5 Å². The van der Waals surface area contributed by atoms with Gasteiger partial charge in [0.05, 0.1) is 30.2 Å². The van der Waals surface area contributed by atoms with E-state index < -0.39 is 0 Å². The van der Waals surface area contributed by atoms with E-state index >= 15 is 0 Å². The van der Waals surface area contributed by atoms with E-state index in [1.807, 2.05) is 30.3 Å². The molecule has 0 atom stereocenters. The summed E-state index contributed by atoms with van der Waals surface area (Å²) in [7, 11) is 1.60. The van der Waals surface area contributed by atoms with Gasteiger partial charge in [0, 0.05) is 43.7 Å². The molecular weight excluding hydrogens is 424 g/mol. The SMILES string of the molecule is COc1cccc(C(=O)Nc2cnc3ccccc3c2N2CCN(Cc3ccccc3)CC2)c1. The van der Waals surface area contributed by atoms with Crippen LogP contribution in [-0.2, 0) is 6.54 Å². The summed E-state index contributed by atoms with van der Waals surface area (Å²) in [5, 5.41) is 4.15. The Morgan fingerprint density at radius 1 is 0.941 bits per heavy atom. The van der Waals surface area contributed by atoms with E-state index in [4.69, 9.17) is 4.74 Å². The predicted octanol–water partition coefficient (Wildman–Crippen LogP) is 4.82. The second kappa shape index (κ2) is 9.93. The highest BCUT2D eigenvalue weighted by atomic mass is 16.5. The summed E-state index contributed by atoms with van der Waals surface area (Å²) in [6, 6.07) is 25.9. The fourth-order valence-corrected chi connectivity index (χ4v) is 4.49. The molecule has 0 bridgehead atoms. The molecule has 0 spiro atoms. The molecule has 0 saturated carbocycles. The maximum absolute atomic E-state index is 13.1. The second-order valence-corrected chi connectivity index (χ2v) is 8.47. The molecular formula is C28H28N4O2. The lowest BCUT2D eigenvalue weighted by Gasteiger charge is -2.37. The van der Waals surface area contributed by atoms with Crippen LogP contribution >= 0.6 is 0 Å². The van der Waals surface area contributed by atoms with Crippen LogP contribution < -0.4 is 15.0 Å². The molecule has 1 saturated heterocycles. The Labute approximate surface area is 199 Å². The molecule has 1 aliphatic rings. The van der Waals surface area contributed by atoms with Crippen LogP contribution in [0.4, 0.5) is 11.4 Å². The monoisotopic (exact) mass is 452 g/mol. The van der Waals surface area contributed by atoms with Crippen LogP contribution in [-0.4, -0.2) is 49.1 Å². The molecule has 6 heteroatoms. The molecule has 0 radical (unpaired) electrons. The quantitative estimate of drug-likeness (QED) is 0.455. The van der Waals surface area contributed by atoms with Crippen LogP contribution in [0.25, 0.3) is 10.9 Å². The summed E-state index contributed by atoms with van der Waals surface area (Å²) >= 11 is 0. The van der Waals surface area contributed by atoms with Gasteiger partial charge in [-0.05, 0) is 29.8 Å². The van der Waals surface area contributed by atoms with Gasteiger partial charge in [0.25, 0.3) is 5.91 Å². The van der Waals surface area contributed by atoms with Crippen LogP contribution in [0, 0.1) is 0 Å². The van der Waals surface area contributed by atoms with E-state index in [1.54, 1.807) is 25.4 Å². The van der Waals surface area contributed by atoms with Crippen molar-refractivity contribution >= 4 is 28.2 Å². The van der Waals surface area contributed by atoms with Gasteiger partial charge in [-0.15, -0.1) is 0 Å². The molecule has 0 unspecified atom stereocenters. The van der Waals surface area contributed by atoms with Crippen molar-refractivity contribution in [1.29, 1.82) is 0 Å². The number of benzene rings is 3. The number of fused-ring (bicyclic) bond motifs is 1. The molecule has 6 nitrogen and oxygen atoms in total. The normalized spacial score (nSPS) is 14.2. The first-order valence-electron chi connectivity index (χ1n) is 11.6. The van der Waals surface area contributed by atoms with Crippen LogP contribution in [0.5, 0.6) is 5.75 Å². The third kappa shape index (κ3) is 4.72. The van der Waals surface area contributed by atoms with E-state index in [-0.39, 0.29) is 5.91 Å². The van der Waals surface area contributed by atoms with Crippen molar-refractivity contribution in [1.82, 2.24) is 9.88 Å². The molecule has 4 aromatic rings. The number of methoxy groups -OCH3 is 1. The van der Waals surface area contributed by atoms with Crippen LogP contribution in [0.3, 0.4) is 0 Å². The van der Waals surface area contributed by atoms with Crippen molar-refractivity contribution in [2.45, 2.75) is 6.54 Å². The Balaban J connectivity index is 1.40. The van der Waals surface area contributed by atoms with Gasteiger partial charge < -0.3 is 15.0 Å². The highest BCUT2D eigenvalue weighted by Gasteiger charge is 2.23. The molecule has 0 aliphatic carbocycles. The van der Waals surface area contributed by atoms with Gasteiger partial charge >= 0.3 is 0 Å². The summed E-state index contributed by atoms with van der Waals surface area (Å²) in [6.07, 6.45) is 1.77. The topological polar surface area (TPSA) is 57.7 Å². The number of para-hydroxylation sites is 1. The van der Waals surface area contributed by atoms with Gasteiger partial charge in [-0.25, -0.2) is 0 Å². The average Bonchev–Trinajstić information content (AvgIpc) is 2.90. The highest BCUT2D eigenvalue weighted by Crippen LogP contribution is 2.34. The van der Waals surface area contributed by atoms with Gasteiger partial charge in [-0.1, -0.05) is 54.6 Å². The summed E-state index contributed by atoms with van der Waals surface area (Å²) in [5.74, 6) is 0.471. The molecule has 1 aromatic heterocycles. The number of nitrogens with zero attached hydrogens (tertiary/aromatic N) is 3. The maximum Gasteiger partial charge on any atom is 0.255 e. The van der Waals surface area contributed by atoms with Crippen molar-refractivity contribution in [3.8, 4) is 5.75 Å². The molecule has 1 N–H and O–H groups in total. The van der Waals surface area contributed by atoms with E-state index in [9.17, 15) is 4.79 Å². The third-order valence-electron chi connectivity index (χ3n) is 6.26. The number of pyridine rings is 1. The fourth-order valence-electron chi connectivity index (χ4n) is 4.49. The Kier molecular flexibility index (Phi) is 6.40. The van der Waals surface area contributed by atoms with Gasteiger partial charge in [0.2, 0.25) is 0 Å². The van der Waals surface area contributed by atoms with Gasteiger partial charge in [-0.3, -0.25) is 14.7 Å². The maximum atomic E-state index is 13.1. The van der Waals surface area contributed by atoms with Crippen LogP contribution in [0.2, 0.25) is 0 Å². The zero-order chi connectivity index (χ0) is 23.3. The summed E-state index contributed by atoms with van der Waals surface area (Å²) in [6.45, 7) is 4.61. The van der Waals surface area contributed by atoms with Gasteiger partial charge in [-0.2, -0.15) is 0 Å². The van der Waals surface area contributed by atoms with Gasteiger partial charge in [0.15, 0.2) is 0 Å². The van der Waals surface area contributed by atoms with Crippen molar-refractivity contribution in [3.63, 3.8) is 0 Å². The smallest absolute Gasteiger partial charge is 0.255 e. The predicted molar refractivity (Wildman–Crippen MR) is 137 cm³/mol. The number of aromatic nitrogens is 1. The first-order valence-corrected chi connectivity index (χ1v) is 11.6. The number of hydrogen-bond donors (Lipinski definition) is 1. The highest BCUT2D eigenvalue weighted by molar-refractivity contribution is 6.09. The first-order chi connectivity index (χ1) is 16.7. The Morgan fingerprint density at radius 2 is 1.71 bits per heavy atom. The Morgan fingerprint density at radius 3 is 2.50 bits per heavy atom. The number of hydrogen-bond acceptors (Lipinski definition) is 5. The number of carbonyl (C=O) groups excluding carboxylic acids is 1. The molecule has 1 aliphatic heterocycles. The Hall–Kier alpha value is -3.90. The molecule has 2 heterocycles. The first kappa shape index (κ1) is 21.9. The number of piperazine rings is 1. The molecule has 5 rings (SSSR count).